The molecule has 0 aliphatic heterocycles. The number of fused-ring (bicyclic) bond motifs is 1. The Balaban J connectivity index is 1.23. The van der Waals surface area contributed by atoms with Crippen LogP contribution < -0.4 is 4.90 Å². The number of hydrogen-bond acceptors (Lipinski definition) is 4. The normalized spacial score (nSPS) is 11.3. The van der Waals surface area contributed by atoms with Crippen LogP contribution in [0.25, 0.3) is 55.8 Å². The first kappa shape index (κ1) is 42.0. The molecule has 0 fully saturated rings. The van der Waals surface area contributed by atoms with E-state index in [9.17, 15) is 0 Å². The van der Waals surface area contributed by atoms with Crippen molar-refractivity contribution < 1.29 is 0 Å². The third kappa shape index (κ3) is 8.30. The average Bonchev–Trinajstić information content (AvgIpc) is 3.34. The fourth-order valence-electron chi connectivity index (χ4n) is 9.99. The molecule has 0 radical (unpaired) electrons. The highest BCUT2D eigenvalue weighted by atomic mass is 15.3. The number of rotatable bonds is 10. The van der Waals surface area contributed by atoms with Crippen molar-refractivity contribution in [3.8, 4) is 45.0 Å². The number of aromatic nitrogens is 3. The van der Waals surface area contributed by atoms with Crippen LogP contribution in [0.4, 0.5) is 17.3 Å². The first-order valence-electron chi connectivity index (χ1n) is 22.8. The maximum Gasteiger partial charge on any atom is 0.238 e. The minimum absolute atomic E-state index is 0.0274. The summed E-state index contributed by atoms with van der Waals surface area (Å²) in [4.78, 5) is 18.3. The molecule has 0 N–H and O–H groups in total. The molecular formula is C62H52N4. The lowest BCUT2D eigenvalue weighted by Crippen LogP contribution is -2.17. The Morgan fingerprint density at radius 1 is 0.364 bits per heavy atom. The molecule has 1 aromatic heterocycles. The fraction of sp³-hybridized carbons (Fsp3) is 0.113. The topological polar surface area (TPSA) is 41.9 Å². The van der Waals surface area contributed by atoms with E-state index in [-0.39, 0.29) is 5.92 Å². The fourth-order valence-corrected chi connectivity index (χ4v) is 9.99. The minimum atomic E-state index is 0.0274. The number of anilines is 3. The molecule has 0 saturated carbocycles. The van der Waals surface area contributed by atoms with Crippen LogP contribution in [0.1, 0.15) is 56.0 Å². The van der Waals surface area contributed by atoms with Crippen LogP contribution in [0.5, 0.6) is 0 Å². The molecule has 9 aromatic carbocycles. The molecule has 4 heteroatoms. The van der Waals surface area contributed by atoms with Gasteiger partial charge in [-0.3, -0.25) is 4.90 Å². The summed E-state index contributed by atoms with van der Waals surface area (Å²) < 4.78 is 0. The number of nitrogens with zero attached hydrogens (tertiary/aromatic N) is 4. The van der Waals surface area contributed by atoms with Gasteiger partial charge in [-0.1, -0.05) is 181 Å². The van der Waals surface area contributed by atoms with Crippen molar-refractivity contribution >= 4 is 28.1 Å². The van der Waals surface area contributed by atoms with Crippen LogP contribution in [0, 0.1) is 41.5 Å². The van der Waals surface area contributed by atoms with E-state index in [4.69, 9.17) is 15.0 Å². The van der Waals surface area contributed by atoms with Crippen molar-refractivity contribution in [2.45, 2.75) is 47.5 Å². The highest BCUT2D eigenvalue weighted by molar-refractivity contribution is 5.98. The largest absolute Gasteiger partial charge is 0.278 e. The summed E-state index contributed by atoms with van der Waals surface area (Å²) in [7, 11) is 0. The van der Waals surface area contributed by atoms with Crippen LogP contribution in [0.2, 0.25) is 0 Å². The van der Waals surface area contributed by atoms with Gasteiger partial charge >= 0.3 is 0 Å². The van der Waals surface area contributed by atoms with Crippen molar-refractivity contribution in [3.05, 3.63) is 250 Å². The van der Waals surface area contributed by atoms with Gasteiger partial charge in [-0.25, -0.2) is 4.98 Å². The first-order chi connectivity index (χ1) is 32.2. The summed E-state index contributed by atoms with van der Waals surface area (Å²) in [6, 6.07) is 71.4. The molecule has 10 rings (SSSR count). The summed E-state index contributed by atoms with van der Waals surface area (Å²) in [5, 5.41) is 2.28. The Morgan fingerprint density at radius 2 is 0.818 bits per heavy atom. The zero-order valence-corrected chi connectivity index (χ0v) is 38.4. The molecule has 4 nitrogen and oxygen atoms in total. The van der Waals surface area contributed by atoms with Crippen molar-refractivity contribution in [1.29, 1.82) is 0 Å². The predicted molar refractivity (Wildman–Crippen MR) is 276 cm³/mol. The molecule has 1 heterocycles. The Kier molecular flexibility index (Phi) is 11.4. The second kappa shape index (κ2) is 17.9. The molecule has 0 amide bonds. The number of aryl methyl sites for hydroxylation is 6. The van der Waals surface area contributed by atoms with Crippen LogP contribution >= 0.6 is 0 Å². The second-order valence-corrected chi connectivity index (χ2v) is 17.7. The van der Waals surface area contributed by atoms with Gasteiger partial charge in [0, 0.05) is 28.3 Å². The van der Waals surface area contributed by atoms with E-state index in [2.05, 4.69) is 222 Å². The molecule has 0 saturated heterocycles. The Hall–Kier alpha value is -7.95. The van der Waals surface area contributed by atoms with Gasteiger partial charge in [0.2, 0.25) is 5.95 Å². The lowest BCUT2D eigenvalue weighted by Gasteiger charge is -2.29. The summed E-state index contributed by atoms with van der Waals surface area (Å²) in [5.74, 6) is 1.74. The molecule has 0 atom stereocenters. The first-order valence-corrected chi connectivity index (χ1v) is 22.8. The predicted octanol–water partition coefficient (Wildman–Crippen LogP) is 16.2. The van der Waals surface area contributed by atoms with Crippen molar-refractivity contribution in [2.24, 2.45) is 0 Å². The SMILES string of the molecule is Cc1cc(C)c(C(c2ccc(N(c3nc(-c4ccccc4)nc(-c4cccc(-c5ccccc5)c4)n3)c3cc4ccccc4cc3-c3ccccc3)cc2)c2c(C)cc(C)cc2C)c(C)c1. The van der Waals surface area contributed by atoms with E-state index >= 15 is 0 Å². The molecule has 0 aliphatic rings. The average molecular weight is 853 g/mol. The van der Waals surface area contributed by atoms with Gasteiger partial charge in [-0.2, -0.15) is 9.97 Å². The third-order valence-corrected chi connectivity index (χ3v) is 12.8. The minimum Gasteiger partial charge on any atom is -0.278 e. The molecule has 320 valence electrons. The van der Waals surface area contributed by atoms with E-state index in [1.54, 1.807) is 0 Å². The van der Waals surface area contributed by atoms with Crippen LogP contribution in [-0.4, -0.2) is 15.0 Å². The second-order valence-electron chi connectivity index (χ2n) is 17.7. The van der Waals surface area contributed by atoms with E-state index in [0.717, 1.165) is 55.5 Å². The van der Waals surface area contributed by atoms with Gasteiger partial charge in [-0.05, 0) is 138 Å². The van der Waals surface area contributed by atoms with E-state index < -0.39 is 0 Å². The molecule has 0 unspecified atom stereocenters. The molecule has 66 heavy (non-hydrogen) atoms. The summed E-state index contributed by atoms with van der Waals surface area (Å²) >= 11 is 0. The molecule has 0 spiro atoms. The van der Waals surface area contributed by atoms with E-state index in [1.165, 1.54) is 50.1 Å². The summed E-state index contributed by atoms with van der Waals surface area (Å²) in [5.41, 5.74) is 19.8. The van der Waals surface area contributed by atoms with Crippen molar-refractivity contribution in [1.82, 2.24) is 15.0 Å². The van der Waals surface area contributed by atoms with Gasteiger partial charge in [0.05, 0.1) is 5.69 Å². The highest BCUT2D eigenvalue weighted by Crippen LogP contribution is 2.45. The van der Waals surface area contributed by atoms with E-state index in [0.29, 0.717) is 17.6 Å². The quantitative estimate of drug-likeness (QED) is 0.129. The van der Waals surface area contributed by atoms with Crippen LogP contribution in [-0.2, 0) is 0 Å². The highest BCUT2D eigenvalue weighted by Gasteiger charge is 2.27. The van der Waals surface area contributed by atoms with Crippen molar-refractivity contribution in [3.63, 3.8) is 0 Å². The molecule has 10 aromatic rings. The third-order valence-electron chi connectivity index (χ3n) is 12.8. The maximum absolute atomic E-state index is 5.45. The summed E-state index contributed by atoms with van der Waals surface area (Å²) in [6.07, 6.45) is 0. The van der Waals surface area contributed by atoms with Gasteiger partial charge in [-0.15, -0.1) is 0 Å². The van der Waals surface area contributed by atoms with Crippen molar-refractivity contribution in [2.75, 3.05) is 4.90 Å². The molecular weight excluding hydrogens is 801 g/mol. The van der Waals surface area contributed by atoms with Crippen LogP contribution in [0.15, 0.2) is 200 Å². The Morgan fingerprint density at radius 3 is 1.38 bits per heavy atom. The standard InChI is InChI=1S/C62H52N4/c1-40-33-42(3)57(43(4)34-40)59(58-44(5)35-41(2)36-45(58)6)48-29-31-54(32-30-48)66(56-39-52-26-17-16-25-51(52)38-55(56)47-21-12-8-13-22-47)62-64-60(49-23-14-9-15-24-49)63-61(65-62)53-28-18-27-50(37-53)46-19-10-7-11-20-46/h7-39,59H,1-6H3. The Bertz CT molecular complexity index is 3260. The molecule has 0 aliphatic carbocycles. The van der Waals surface area contributed by atoms with Crippen LogP contribution in [0.3, 0.4) is 0 Å². The van der Waals surface area contributed by atoms with Gasteiger partial charge in [0.25, 0.3) is 0 Å². The smallest absolute Gasteiger partial charge is 0.238 e. The number of benzene rings is 9. The monoisotopic (exact) mass is 852 g/mol. The number of hydrogen-bond donors (Lipinski definition) is 0. The molecule has 0 bridgehead atoms. The lowest BCUT2D eigenvalue weighted by atomic mass is 9.77. The van der Waals surface area contributed by atoms with Gasteiger partial charge < -0.3 is 0 Å². The van der Waals surface area contributed by atoms with Gasteiger partial charge in [0.1, 0.15) is 0 Å². The Labute approximate surface area is 389 Å². The summed E-state index contributed by atoms with van der Waals surface area (Å²) in [6.45, 7) is 13.4. The maximum atomic E-state index is 5.45. The van der Waals surface area contributed by atoms with E-state index in [1.807, 2.05) is 24.3 Å². The zero-order valence-electron chi connectivity index (χ0n) is 38.4. The van der Waals surface area contributed by atoms with Gasteiger partial charge in [0.15, 0.2) is 11.6 Å². The zero-order chi connectivity index (χ0) is 45.3. The lowest BCUT2D eigenvalue weighted by molar-refractivity contribution is 0.919.